The number of halogens is 3. The van der Waals surface area contributed by atoms with Gasteiger partial charge in [-0.25, -0.2) is 4.98 Å². The van der Waals surface area contributed by atoms with E-state index >= 15 is 13.2 Å². The van der Waals surface area contributed by atoms with Crippen LogP contribution < -0.4 is 0 Å². The van der Waals surface area contributed by atoms with Crippen LogP contribution in [0.15, 0.2) is 133 Å². The summed E-state index contributed by atoms with van der Waals surface area (Å²) in [5, 5.41) is 41.7. The van der Waals surface area contributed by atoms with Crippen LogP contribution in [-0.4, -0.2) is 14.1 Å². The summed E-state index contributed by atoms with van der Waals surface area (Å²) in [4.78, 5) is 4.76. The van der Waals surface area contributed by atoms with E-state index in [1.807, 2.05) is 34.9 Å². The van der Waals surface area contributed by atoms with Crippen molar-refractivity contribution in [3.8, 4) is 58.2 Å². The average molecular weight is 730 g/mol. The molecule has 0 bridgehead atoms. The summed E-state index contributed by atoms with van der Waals surface area (Å²) in [6.45, 7) is 0. The highest BCUT2D eigenvalue weighted by Crippen LogP contribution is 2.45. The fourth-order valence-electron chi connectivity index (χ4n) is 7.58. The number of rotatable bonds is 4. The molecule has 9 aromatic rings. The Morgan fingerprint density at radius 1 is 0.446 bits per heavy atom. The lowest BCUT2D eigenvalue weighted by atomic mass is 9.99. The number of hydrogen-bond acceptors (Lipinski definition) is 5. The lowest BCUT2D eigenvalue weighted by Gasteiger charge is -2.22. The molecule has 0 aliphatic heterocycles. The van der Waals surface area contributed by atoms with Crippen molar-refractivity contribution in [3.05, 3.63) is 161 Å². The number of benzene rings is 6. The van der Waals surface area contributed by atoms with E-state index < -0.39 is 11.7 Å². The van der Waals surface area contributed by atoms with Gasteiger partial charge >= 0.3 is 6.18 Å². The van der Waals surface area contributed by atoms with Crippen LogP contribution in [0, 0.1) is 45.3 Å². The molecule has 0 N–H and O–H groups in total. The zero-order valence-corrected chi connectivity index (χ0v) is 29.0. The van der Waals surface area contributed by atoms with Crippen LogP contribution in [-0.2, 0) is 6.18 Å². The predicted octanol–water partition coefficient (Wildman–Crippen LogP) is 11.1. The monoisotopic (exact) mass is 729 g/mol. The summed E-state index contributed by atoms with van der Waals surface area (Å²) in [6.07, 6.45) is -4.84. The van der Waals surface area contributed by atoms with Gasteiger partial charge in [-0.1, -0.05) is 36.4 Å². The van der Waals surface area contributed by atoms with Gasteiger partial charge in [-0.05, 0) is 97.1 Å². The topological polar surface area (TPSA) is 118 Å². The molecule has 56 heavy (non-hydrogen) atoms. The summed E-state index contributed by atoms with van der Waals surface area (Å²) < 4.78 is 50.3. The molecule has 9 rings (SSSR count). The van der Waals surface area contributed by atoms with Gasteiger partial charge in [0.25, 0.3) is 0 Å². The molecular formula is C46H22F3N7. The minimum atomic E-state index is -4.84. The second kappa shape index (κ2) is 12.7. The van der Waals surface area contributed by atoms with Crippen LogP contribution in [0.1, 0.15) is 27.8 Å². The lowest BCUT2D eigenvalue weighted by molar-refractivity contribution is -0.137. The van der Waals surface area contributed by atoms with Gasteiger partial charge in [0.15, 0.2) is 0 Å². The molecule has 0 spiro atoms. The van der Waals surface area contributed by atoms with Gasteiger partial charge in [-0.15, -0.1) is 0 Å². The fourth-order valence-corrected chi connectivity index (χ4v) is 7.58. The van der Waals surface area contributed by atoms with Crippen molar-refractivity contribution < 1.29 is 13.2 Å². The van der Waals surface area contributed by atoms with Crippen LogP contribution in [0.3, 0.4) is 0 Å². The van der Waals surface area contributed by atoms with Crippen LogP contribution in [0.25, 0.3) is 77.5 Å². The zero-order chi connectivity index (χ0) is 38.7. The molecule has 0 atom stereocenters. The Kier molecular flexibility index (Phi) is 7.66. The second-order valence-electron chi connectivity index (χ2n) is 13.2. The maximum Gasteiger partial charge on any atom is 0.417 e. The van der Waals surface area contributed by atoms with E-state index in [0.29, 0.717) is 77.2 Å². The van der Waals surface area contributed by atoms with E-state index in [4.69, 9.17) is 4.98 Å². The molecule has 0 unspecified atom stereocenters. The van der Waals surface area contributed by atoms with Crippen molar-refractivity contribution in [2.24, 2.45) is 0 Å². The Balaban J connectivity index is 1.48. The molecule has 10 heteroatoms. The summed E-state index contributed by atoms with van der Waals surface area (Å²) >= 11 is 0. The molecule has 7 nitrogen and oxygen atoms in total. The highest BCUT2D eigenvalue weighted by Gasteiger charge is 2.36. The van der Waals surface area contributed by atoms with Crippen molar-refractivity contribution in [1.29, 1.82) is 21.0 Å². The van der Waals surface area contributed by atoms with Crippen molar-refractivity contribution in [2.75, 3.05) is 0 Å². The third-order valence-corrected chi connectivity index (χ3v) is 10.0. The summed E-state index contributed by atoms with van der Waals surface area (Å²) in [6, 6.07) is 45.6. The van der Waals surface area contributed by atoms with Crippen LogP contribution in [0.4, 0.5) is 13.2 Å². The molecule has 0 radical (unpaired) electrons. The van der Waals surface area contributed by atoms with E-state index in [2.05, 4.69) is 24.3 Å². The first kappa shape index (κ1) is 33.6. The van der Waals surface area contributed by atoms with Gasteiger partial charge in [-0.2, -0.15) is 34.2 Å². The molecule has 0 fully saturated rings. The van der Waals surface area contributed by atoms with E-state index in [9.17, 15) is 21.0 Å². The van der Waals surface area contributed by atoms with Crippen molar-refractivity contribution in [3.63, 3.8) is 0 Å². The van der Waals surface area contributed by atoms with Gasteiger partial charge in [0, 0.05) is 32.7 Å². The molecule has 0 saturated heterocycles. The number of alkyl halides is 3. The first-order chi connectivity index (χ1) is 27.2. The molecule has 3 heterocycles. The van der Waals surface area contributed by atoms with Crippen molar-refractivity contribution in [2.45, 2.75) is 6.18 Å². The van der Waals surface area contributed by atoms with E-state index in [-0.39, 0.29) is 16.9 Å². The molecule has 262 valence electrons. The van der Waals surface area contributed by atoms with Gasteiger partial charge in [0.2, 0.25) is 0 Å². The fraction of sp³-hybridized carbons (Fsp3) is 0.0217. The number of aromatic nitrogens is 3. The number of nitrogens with zero attached hydrogens (tertiary/aromatic N) is 7. The minimum Gasteiger partial charge on any atom is -0.307 e. The maximum absolute atomic E-state index is 15.6. The third-order valence-electron chi connectivity index (χ3n) is 10.0. The molecule has 0 saturated carbocycles. The molecule has 3 aromatic heterocycles. The smallest absolute Gasteiger partial charge is 0.307 e. The Labute approximate surface area is 316 Å². The summed E-state index contributed by atoms with van der Waals surface area (Å²) in [7, 11) is 0. The number of pyridine rings is 1. The van der Waals surface area contributed by atoms with Crippen LogP contribution in [0.2, 0.25) is 0 Å². The number of fused-ring (bicyclic) bond motifs is 6. The lowest BCUT2D eigenvalue weighted by Crippen LogP contribution is -2.12. The van der Waals surface area contributed by atoms with E-state index in [1.54, 1.807) is 95.6 Å². The SMILES string of the molecule is N#Cc1ccc2c(c1)c1cc(C#N)ccc1n2-c1cc(-c2cccc(-c3ccccc3)n2)c(C(F)(F)F)cc1-n1c2ccc(C#N)cc2c2cc(C#N)ccc21. The Morgan fingerprint density at radius 3 is 1.27 bits per heavy atom. The van der Waals surface area contributed by atoms with E-state index in [1.165, 1.54) is 6.07 Å². The van der Waals surface area contributed by atoms with Crippen molar-refractivity contribution in [1.82, 2.24) is 14.1 Å². The van der Waals surface area contributed by atoms with Crippen molar-refractivity contribution >= 4 is 43.6 Å². The predicted molar refractivity (Wildman–Crippen MR) is 208 cm³/mol. The highest BCUT2D eigenvalue weighted by molar-refractivity contribution is 6.12. The maximum atomic E-state index is 15.6. The normalized spacial score (nSPS) is 11.4. The van der Waals surface area contributed by atoms with E-state index in [0.717, 1.165) is 11.6 Å². The molecule has 0 aliphatic carbocycles. The third kappa shape index (κ3) is 5.30. The molecule has 0 aliphatic rings. The van der Waals surface area contributed by atoms with Gasteiger partial charge in [-0.3, -0.25) is 0 Å². The second-order valence-corrected chi connectivity index (χ2v) is 13.2. The Morgan fingerprint density at radius 2 is 0.857 bits per heavy atom. The Bertz CT molecular complexity index is 3150. The minimum absolute atomic E-state index is 0.102. The summed E-state index contributed by atoms with van der Waals surface area (Å²) in [5.74, 6) is 0. The molecule has 0 amide bonds. The van der Waals surface area contributed by atoms with Crippen LogP contribution >= 0.6 is 0 Å². The number of hydrogen-bond donors (Lipinski definition) is 0. The van der Waals surface area contributed by atoms with Gasteiger partial charge < -0.3 is 9.13 Å². The zero-order valence-electron chi connectivity index (χ0n) is 29.0. The molecular weight excluding hydrogens is 708 g/mol. The largest absolute Gasteiger partial charge is 0.417 e. The Hall–Kier alpha value is -8.18. The van der Waals surface area contributed by atoms with Gasteiger partial charge in [0.1, 0.15) is 0 Å². The first-order valence-electron chi connectivity index (χ1n) is 17.3. The van der Waals surface area contributed by atoms with Gasteiger partial charge in [0.05, 0.1) is 96.9 Å². The molecule has 6 aromatic carbocycles. The standard InChI is InChI=1S/C46H22F3N7/c47-46(48,49)37-22-45(56-42-15-11-29(25-52)19-34(42)35-20-30(26-53)12-16-43(35)56)44(21-36(37)39-8-4-7-38(54-39)31-5-2-1-3-6-31)55-40-13-9-27(23-50)17-32(40)33-18-28(24-51)10-14-41(33)55/h1-22H. The highest BCUT2D eigenvalue weighted by atomic mass is 19.4. The summed E-state index contributed by atoms with van der Waals surface area (Å²) in [5.41, 5.74) is 4.40. The average Bonchev–Trinajstić information content (AvgIpc) is 3.73. The number of nitriles is 4. The first-order valence-corrected chi connectivity index (χ1v) is 17.3. The quantitative estimate of drug-likeness (QED) is 0.179. The van der Waals surface area contributed by atoms with Crippen LogP contribution in [0.5, 0.6) is 0 Å².